The summed E-state index contributed by atoms with van der Waals surface area (Å²) in [5.74, 6) is -0.312. The van der Waals surface area contributed by atoms with Gasteiger partial charge < -0.3 is 10.2 Å². The highest BCUT2D eigenvalue weighted by Gasteiger charge is 2.27. The van der Waals surface area contributed by atoms with Gasteiger partial charge in [0.1, 0.15) is 5.82 Å². The van der Waals surface area contributed by atoms with Gasteiger partial charge in [-0.25, -0.2) is 4.39 Å². The summed E-state index contributed by atoms with van der Waals surface area (Å²) in [7, 11) is 0. The van der Waals surface area contributed by atoms with Gasteiger partial charge in [0.15, 0.2) is 0 Å². The van der Waals surface area contributed by atoms with E-state index in [4.69, 9.17) is 0 Å². The van der Waals surface area contributed by atoms with E-state index >= 15 is 0 Å². The summed E-state index contributed by atoms with van der Waals surface area (Å²) < 4.78 is 13.3. The Balaban J connectivity index is 1.97. The maximum Gasteiger partial charge on any atom is 0.224 e. The average Bonchev–Trinajstić information content (AvgIpc) is 2.33. The molecule has 1 N–H and O–H groups in total. The molecule has 1 saturated heterocycles. The predicted molar refractivity (Wildman–Crippen MR) is 77.8 cm³/mol. The first-order chi connectivity index (χ1) is 9.38. The average molecular weight is 278 g/mol. The molecule has 0 saturated carbocycles. The summed E-state index contributed by atoms with van der Waals surface area (Å²) >= 11 is 0. The molecule has 2 rings (SSSR count). The molecule has 4 heteroatoms. The summed E-state index contributed by atoms with van der Waals surface area (Å²) in [5.41, 5.74) is 0.213. The van der Waals surface area contributed by atoms with Gasteiger partial charge in [-0.05, 0) is 51.1 Å². The number of carbonyl (C=O) groups excluding carboxylic acids is 1. The van der Waals surface area contributed by atoms with Crippen LogP contribution < -0.4 is 5.32 Å². The minimum atomic E-state index is -0.567. The van der Waals surface area contributed by atoms with E-state index in [1.165, 1.54) is 18.6 Å². The highest BCUT2D eigenvalue weighted by atomic mass is 19.1. The summed E-state index contributed by atoms with van der Waals surface area (Å²) in [4.78, 5) is 14.5. The highest BCUT2D eigenvalue weighted by Crippen LogP contribution is 2.21. The fraction of sp³-hybridized carbons (Fsp3) is 0.562. The van der Waals surface area contributed by atoms with E-state index in [9.17, 15) is 9.18 Å². The van der Waals surface area contributed by atoms with Crippen LogP contribution in [-0.4, -0.2) is 30.4 Å². The number of carbonyl (C=O) groups is 1. The quantitative estimate of drug-likeness (QED) is 0.897. The molecular weight excluding hydrogens is 255 g/mol. The number of benzene rings is 1. The third kappa shape index (κ3) is 3.57. The van der Waals surface area contributed by atoms with E-state index in [1.54, 1.807) is 6.07 Å². The van der Waals surface area contributed by atoms with Gasteiger partial charge in [-0.3, -0.25) is 4.79 Å². The van der Waals surface area contributed by atoms with Gasteiger partial charge in [0, 0.05) is 12.5 Å². The third-order valence-electron chi connectivity index (χ3n) is 3.91. The number of hydrogen-bond donors (Lipinski definition) is 1. The molecular formula is C16H23FN2O. The molecule has 0 radical (unpaired) electrons. The molecule has 1 atom stereocenters. The number of halogens is 1. The van der Waals surface area contributed by atoms with Crippen molar-refractivity contribution in [3.8, 4) is 0 Å². The second kappa shape index (κ2) is 5.92. The third-order valence-corrected chi connectivity index (χ3v) is 3.91. The van der Waals surface area contributed by atoms with E-state index in [0.717, 1.165) is 25.2 Å². The van der Waals surface area contributed by atoms with Crippen molar-refractivity contribution in [2.75, 3.05) is 19.6 Å². The van der Waals surface area contributed by atoms with Crippen LogP contribution in [-0.2, 0) is 10.3 Å². The Morgan fingerprint density at radius 3 is 2.70 bits per heavy atom. The van der Waals surface area contributed by atoms with Crippen LogP contribution in [0.25, 0.3) is 0 Å². The Hall–Kier alpha value is -1.42. The van der Waals surface area contributed by atoms with Crippen LogP contribution in [0.15, 0.2) is 24.3 Å². The first kappa shape index (κ1) is 15.0. The lowest BCUT2D eigenvalue weighted by molar-refractivity contribution is -0.127. The van der Waals surface area contributed by atoms with Crippen LogP contribution in [0.2, 0.25) is 0 Å². The zero-order valence-corrected chi connectivity index (χ0v) is 12.4. The molecule has 1 aliphatic heterocycles. The Bertz CT molecular complexity index is 483. The van der Waals surface area contributed by atoms with Crippen LogP contribution >= 0.6 is 0 Å². The van der Waals surface area contributed by atoms with Crippen LogP contribution in [0.1, 0.15) is 32.8 Å². The maximum absolute atomic E-state index is 13.3. The molecule has 0 aliphatic carbocycles. The fourth-order valence-corrected chi connectivity index (χ4v) is 2.42. The predicted octanol–water partition coefficient (Wildman–Crippen LogP) is 2.52. The standard InChI is InChI=1S/C16H23FN2O/c1-12(11-19-8-5-9-19)15(20)18-16(2,3)13-6-4-7-14(17)10-13/h4,6-7,10,12H,5,8-9,11H2,1-3H3,(H,18,20). The molecule has 1 fully saturated rings. The molecule has 1 aromatic rings. The molecule has 3 nitrogen and oxygen atoms in total. The van der Waals surface area contributed by atoms with Crippen molar-refractivity contribution in [3.05, 3.63) is 35.6 Å². The van der Waals surface area contributed by atoms with Crippen LogP contribution in [0.4, 0.5) is 4.39 Å². The van der Waals surface area contributed by atoms with Gasteiger partial charge in [-0.2, -0.15) is 0 Å². The summed E-state index contributed by atoms with van der Waals surface area (Å²) in [5, 5.41) is 3.02. The zero-order valence-electron chi connectivity index (χ0n) is 12.4. The molecule has 0 bridgehead atoms. The number of likely N-dealkylation sites (tertiary alicyclic amines) is 1. The number of amides is 1. The molecule has 1 heterocycles. The molecule has 0 spiro atoms. The minimum absolute atomic E-state index is 0.0196. The van der Waals surface area contributed by atoms with Crippen molar-refractivity contribution in [3.63, 3.8) is 0 Å². The minimum Gasteiger partial charge on any atom is -0.347 e. The summed E-state index contributed by atoms with van der Waals surface area (Å²) in [6, 6.07) is 6.39. The van der Waals surface area contributed by atoms with Gasteiger partial charge in [0.25, 0.3) is 0 Å². The van der Waals surface area contributed by atoms with Crippen LogP contribution in [0.3, 0.4) is 0 Å². The topological polar surface area (TPSA) is 32.3 Å². The second-order valence-corrected chi connectivity index (χ2v) is 6.18. The van der Waals surface area contributed by atoms with E-state index < -0.39 is 5.54 Å². The van der Waals surface area contributed by atoms with Gasteiger partial charge in [-0.1, -0.05) is 19.1 Å². The fourth-order valence-electron chi connectivity index (χ4n) is 2.42. The van der Waals surface area contributed by atoms with Crippen LogP contribution in [0, 0.1) is 11.7 Å². The lowest BCUT2D eigenvalue weighted by Gasteiger charge is -2.34. The number of hydrogen-bond acceptors (Lipinski definition) is 2. The maximum atomic E-state index is 13.3. The smallest absolute Gasteiger partial charge is 0.224 e. The first-order valence-corrected chi connectivity index (χ1v) is 7.19. The van der Waals surface area contributed by atoms with Gasteiger partial charge in [-0.15, -0.1) is 0 Å². The lowest BCUT2D eigenvalue weighted by atomic mass is 9.93. The van der Waals surface area contributed by atoms with E-state index in [2.05, 4.69) is 10.2 Å². The Morgan fingerprint density at radius 2 is 2.15 bits per heavy atom. The SMILES string of the molecule is CC(CN1CCC1)C(=O)NC(C)(C)c1cccc(F)c1. The summed E-state index contributed by atoms with van der Waals surface area (Å²) in [6.45, 7) is 8.71. The van der Waals surface area contributed by atoms with Crippen LogP contribution in [0.5, 0.6) is 0 Å². The monoisotopic (exact) mass is 278 g/mol. The number of nitrogens with zero attached hydrogens (tertiary/aromatic N) is 1. The van der Waals surface area contributed by atoms with Crippen molar-refractivity contribution in [1.29, 1.82) is 0 Å². The summed E-state index contributed by atoms with van der Waals surface area (Å²) in [6.07, 6.45) is 1.23. The first-order valence-electron chi connectivity index (χ1n) is 7.19. The van der Waals surface area contributed by atoms with E-state index in [1.807, 2.05) is 26.8 Å². The number of nitrogens with one attached hydrogen (secondary N) is 1. The molecule has 1 aromatic carbocycles. The molecule has 1 unspecified atom stereocenters. The van der Waals surface area contributed by atoms with Crippen molar-refractivity contribution in [2.45, 2.75) is 32.7 Å². The highest BCUT2D eigenvalue weighted by molar-refractivity contribution is 5.79. The largest absolute Gasteiger partial charge is 0.347 e. The Labute approximate surface area is 120 Å². The van der Waals surface area contributed by atoms with Crippen molar-refractivity contribution >= 4 is 5.91 Å². The van der Waals surface area contributed by atoms with Gasteiger partial charge in [0.2, 0.25) is 5.91 Å². The van der Waals surface area contributed by atoms with E-state index in [-0.39, 0.29) is 17.6 Å². The molecule has 110 valence electrons. The molecule has 1 amide bonds. The second-order valence-electron chi connectivity index (χ2n) is 6.18. The molecule has 20 heavy (non-hydrogen) atoms. The Morgan fingerprint density at radius 1 is 1.45 bits per heavy atom. The van der Waals surface area contributed by atoms with Gasteiger partial charge in [0.05, 0.1) is 5.54 Å². The van der Waals surface area contributed by atoms with Crippen molar-refractivity contribution < 1.29 is 9.18 Å². The Kier molecular flexibility index (Phi) is 4.43. The van der Waals surface area contributed by atoms with Crippen molar-refractivity contribution in [2.24, 2.45) is 5.92 Å². The van der Waals surface area contributed by atoms with Gasteiger partial charge >= 0.3 is 0 Å². The molecule has 1 aliphatic rings. The van der Waals surface area contributed by atoms with Crippen molar-refractivity contribution in [1.82, 2.24) is 10.2 Å². The lowest BCUT2D eigenvalue weighted by Crippen LogP contribution is -2.48. The number of rotatable bonds is 5. The zero-order chi connectivity index (χ0) is 14.8. The normalized spacial score (nSPS) is 17.4. The molecule has 0 aromatic heterocycles. The van der Waals surface area contributed by atoms with E-state index in [0.29, 0.717) is 0 Å².